The largest absolute Gasteiger partial charge is 0.478 e. The van der Waals surface area contributed by atoms with Crippen LogP contribution in [0.4, 0.5) is 5.69 Å². The van der Waals surface area contributed by atoms with Crippen molar-refractivity contribution in [3.05, 3.63) is 62.5 Å². The van der Waals surface area contributed by atoms with Crippen molar-refractivity contribution in [1.29, 1.82) is 0 Å². The average Bonchev–Trinajstić information content (AvgIpc) is 3.63. The van der Waals surface area contributed by atoms with Crippen LogP contribution in [0.15, 0.2) is 46.8 Å². The second kappa shape index (κ2) is 12.0. The molecule has 8 nitrogen and oxygen atoms in total. The number of hydrogen-bond donors (Lipinski definition) is 2. The van der Waals surface area contributed by atoms with Crippen molar-refractivity contribution in [1.82, 2.24) is 10.2 Å². The van der Waals surface area contributed by atoms with Gasteiger partial charge < -0.3 is 15.3 Å². The quantitative estimate of drug-likeness (QED) is 0.213. The Morgan fingerprint density at radius 1 is 1.03 bits per heavy atom. The van der Waals surface area contributed by atoms with Gasteiger partial charge in [-0.05, 0) is 33.1 Å². The number of hydrogen-bond acceptors (Lipinski definition) is 5. The summed E-state index contributed by atoms with van der Waals surface area (Å²) in [6.07, 6.45) is 9.65. The molecule has 1 heterocycles. The molecule has 35 heavy (non-hydrogen) atoms. The zero-order valence-electron chi connectivity index (χ0n) is 21.0. The number of para-hydroxylation sites is 1. The number of allylic oxidation sites excluding steroid dienone is 2. The van der Waals surface area contributed by atoms with Crippen LogP contribution >= 0.6 is 0 Å². The third kappa shape index (κ3) is 6.29. The number of nitrogens with one attached hydrogen (secondary N) is 1. The number of nitrogens with zero attached hydrogens (tertiary/aromatic N) is 2. The molecule has 3 rings (SSSR count). The molecule has 1 aliphatic heterocycles. The maximum Gasteiger partial charge on any atom is 0.334 e. The highest BCUT2D eigenvalue weighted by Gasteiger charge is 2.42. The maximum absolute atomic E-state index is 13.4. The van der Waals surface area contributed by atoms with Crippen LogP contribution in [0.3, 0.4) is 0 Å². The topological polar surface area (TPSA) is 113 Å². The van der Waals surface area contributed by atoms with E-state index in [0.717, 1.165) is 32.1 Å². The van der Waals surface area contributed by atoms with Crippen LogP contribution in [0.2, 0.25) is 0 Å². The molecular formula is C27H37N3O5. The third-order valence-corrected chi connectivity index (χ3v) is 6.98. The molecule has 1 fully saturated rings. The van der Waals surface area contributed by atoms with Gasteiger partial charge in [-0.25, -0.2) is 4.79 Å². The van der Waals surface area contributed by atoms with Crippen LogP contribution in [0.5, 0.6) is 0 Å². The Hall–Kier alpha value is -3.16. The summed E-state index contributed by atoms with van der Waals surface area (Å²) in [7, 11) is 0. The lowest BCUT2D eigenvalue weighted by Crippen LogP contribution is -2.39. The molecule has 1 aromatic rings. The summed E-state index contributed by atoms with van der Waals surface area (Å²) < 4.78 is 0. The minimum Gasteiger partial charge on any atom is -0.478 e. The van der Waals surface area contributed by atoms with E-state index in [0.29, 0.717) is 17.9 Å². The molecule has 1 aromatic carbocycles. The number of carbonyl (C=O) groups excluding carboxylic acids is 1. The highest BCUT2D eigenvalue weighted by Crippen LogP contribution is 2.45. The summed E-state index contributed by atoms with van der Waals surface area (Å²) in [5.41, 5.74) is 1.55. The lowest BCUT2D eigenvalue weighted by atomic mass is 9.78. The number of carboxylic acid groups (broad SMARTS) is 1. The molecule has 1 saturated carbocycles. The number of carboxylic acids is 1. The molecule has 2 aliphatic rings. The Kier molecular flexibility index (Phi) is 9.07. The number of unbranched alkanes of at least 4 members (excludes halogenated alkanes) is 6. The molecule has 1 unspecified atom stereocenters. The van der Waals surface area contributed by atoms with Crippen molar-refractivity contribution >= 4 is 17.6 Å². The summed E-state index contributed by atoms with van der Waals surface area (Å²) in [6.45, 7) is 6.36. The predicted octanol–water partition coefficient (Wildman–Crippen LogP) is 5.66. The SMILES string of the molecule is CCCCCCCCCN1C(C)=C(C(=O)O)C(c2ccccc2[N+](=O)[O-])C(C(=O)NC2CC2)=C1C. The van der Waals surface area contributed by atoms with Gasteiger partial charge >= 0.3 is 5.97 Å². The standard InChI is InChI=1S/C27H37N3O5/c1-4-5-6-7-8-9-12-17-29-18(2)23(26(31)28-20-15-16-20)25(24(19(29)3)27(32)33)21-13-10-11-14-22(21)30(34)35/h10-11,13-14,20,25H,4-9,12,15-17H2,1-3H3,(H,28,31)(H,32,33). The van der Waals surface area contributed by atoms with Gasteiger partial charge in [0.2, 0.25) is 5.91 Å². The fraction of sp³-hybridized carbons (Fsp3) is 0.556. The van der Waals surface area contributed by atoms with E-state index >= 15 is 0 Å². The second-order valence-electron chi connectivity index (χ2n) is 9.57. The van der Waals surface area contributed by atoms with Crippen LogP contribution in [0.1, 0.15) is 90.0 Å². The summed E-state index contributed by atoms with van der Waals surface area (Å²) in [5.74, 6) is -2.53. The number of carbonyl (C=O) groups is 2. The minimum absolute atomic E-state index is 0.0220. The molecular weight excluding hydrogens is 446 g/mol. The van der Waals surface area contributed by atoms with Gasteiger partial charge in [0.25, 0.3) is 5.69 Å². The highest BCUT2D eigenvalue weighted by atomic mass is 16.6. The molecule has 8 heteroatoms. The van der Waals surface area contributed by atoms with E-state index in [4.69, 9.17) is 0 Å². The zero-order valence-corrected chi connectivity index (χ0v) is 21.0. The van der Waals surface area contributed by atoms with Gasteiger partial charge in [0.1, 0.15) is 0 Å². The first-order valence-electron chi connectivity index (χ1n) is 12.7. The summed E-state index contributed by atoms with van der Waals surface area (Å²) in [6, 6.07) is 6.19. The van der Waals surface area contributed by atoms with Crippen molar-refractivity contribution in [2.45, 2.75) is 90.5 Å². The third-order valence-electron chi connectivity index (χ3n) is 6.98. The van der Waals surface area contributed by atoms with E-state index in [1.54, 1.807) is 25.1 Å². The Morgan fingerprint density at radius 3 is 2.23 bits per heavy atom. The monoisotopic (exact) mass is 483 g/mol. The average molecular weight is 484 g/mol. The minimum atomic E-state index is -1.17. The first-order chi connectivity index (χ1) is 16.8. The number of amides is 1. The second-order valence-corrected chi connectivity index (χ2v) is 9.57. The van der Waals surface area contributed by atoms with Gasteiger partial charge in [0.15, 0.2) is 0 Å². The maximum atomic E-state index is 13.4. The fourth-order valence-corrected chi connectivity index (χ4v) is 4.94. The van der Waals surface area contributed by atoms with Crippen molar-refractivity contribution in [2.75, 3.05) is 6.54 Å². The highest BCUT2D eigenvalue weighted by molar-refractivity contribution is 6.02. The van der Waals surface area contributed by atoms with Gasteiger partial charge in [-0.3, -0.25) is 14.9 Å². The Bertz CT molecular complexity index is 1030. The first kappa shape index (κ1) is 26.4. The van der Waals surface area contributed by atoms with Crippen molar-refractivity contribution in [2.24, 2.45) is 0 Å². The van der Waals surface area contributed by atoms with Crippen LogP contribution in [0, 0.1) is 10.1 Å². The smallest absolute Gasteiger partial charge is 0.334 e. The molecule has 0 aromatic heterocycles. The van der Waals surface area contributed by atoms with E-state index in [-0.39, 0.29) is 34.3 Å². The van der Waals surface area contributed by atoms with E-state index in [2.05, 4.69) is 12.2 Å². The summed E-state index contributed by atoms with van der Waals surface area (Å²) >= 11 is 0. The van der Waals surface area contributed by atoms with Crippen molar-refractivity contribution in [3.63, 3.8) is 0 Å². The Morgan fingerprint density at radius 2 is 1.63 bits per heavy atom. The molecule has 190 valence electrons. The number of nitro benzene ring substituents is 1. The van der Waals surface area contributed by atoms with Gasteiger partial charge in [-0.1, -0.05) is 63.6 Å². The van der Waals surface area contributed by atoms with E-state index in [9.17, 15) is 24.8 Å². The molecule has 2 N–H and O–H groups in total. The van der Waals surface area contributed by atoms with E-state index in [1.807, 2.05) is 11.8 Å². The van der Waals surface area contributed by atoms with Crippen LogP contribution in [-0.2, 0) is 9.59 Å². The van der Waals surface area contributed by atoms with E-state index < -0.39 is 16.8 Å². The number of aliphatic carboxylic acids is 1. The molecule has 1 amide bonds. The van der Waals surface area contributed by atoms with Gasteiger partial charge in [0.05, 0.1) is 16.4 Å². The molecule has 1 aliphatic carbocycles. The van der Waals surface area contributed by atoms with Crippen molar-refractivity contribution < 1.29 is 19.6 Å². The normalized spacial score (nSPS) is 18.1. The molecule has 0 spiro atoms. The number of nitro groups is 1. The Balaban J connectivity index is 1.98. The van der Waals surface area contributed by atoms with Crippen molar-refractivity contribution in [3.8, 4) is 0 Å². The van der Waals surface area contributed by atoms with Crippen LogP contribution in [0.25, 0.3) is 0 Å². The molecule has 0 saturated heterocycles. The van der Waals surface area contributed by atoms with Gasteiger partial charge in [-0.15, -0.1) is 0 Å². The number of benzene rings is 1. The lowest BCUT2D eigenvalue weighted by Gasteiger charge is -2.37. The Labute approximate surface area is 207 Å². The summed E-state index contributed by atoms with van der Waals surface area (Å²) in [5, 5.41) is 25.1. The number of rotatable bonds is 13. The zero-order chi connectivity index (χ0) is 25.5. The van der Waals surface area contributed by atoms with Gasteiger partial charge in [-0.2, -0.15) is 0 Å². The van der Waals surface area contributed by atoms with Crippen LogP contribution in [-0.4, -0.2) is 39.4 Å². The summed E-state index contributed by atoms with van der Waals surface area (Å²) in [4.78, 5) is 39.2. The molecule has 1 atom stereocenters. The van der Waals surface area contributed by atoms with Gasteiger partial charge in [0, 0.05) is 41.2 Å². The lowest BCUT2D eigenvalue weighted by molar-refractivity contribution is -0.385. The molecule has 0 bridgehead atoms. The molecule has 0 radical (unpaired) electrons. The fourth-order valence-electron chi connectivity index (χ4n) is 4.94. The first-order valence-corrected chi connectivity index (χ1v) is 12.7. The van der Waals surface area contributed by atoms with E-state index in [1.165, 1.54) is 31.7 Å². The predicted molar refractivity (Wildman–Crippen MR) is 135 cm³/mol. The van der Waals surface area contributed by atoms with Crippen LogP contribution < -0.4 is 5.32 Å².